The molecule has 0 heterocycles. The van der Waals surface area contributed by atoms with Crippen LogP contribution in [0.1, 0.15) is 28.4 Å². The second-order valence-electron chi connectivity index (χ2n) is 5.76. The Hall–Kier alpha value is -3.29. The molecule has 0 bridgehead atoms. The zero-order valence-electron chi connectivity index (χ0n) is 14.4. The lowest BCUT2D eigenvalue weighted by molar-refractivity contribution is -0.387. The minimum atomic E-state index is -1.15. The van der Waals surface area contributed by atoms with E-state index in [1.54, 1.807) is 18.2 Å². The lowest BCUT2D eigenvalue weighted by atomic mass is 10.1. The number of rotatable bonds is 5. The van der Waals surface area contributed by atoms with E-state index in [4.69, 9.17) is 4.74 Å². The van der Waals surface area contributed by atoms with Crippen molar-refractivity contribution in [2.45, 2.75) is 26.9 Å². The van der Waals surface area contributed by atoms with Crippen LogP contribution >= 0.6 is 0 Å². The smallest absolute Gasteiger partial charge is 0.338 e. The van der Waals surface area contributed by atoms with E-state index in [0.29, 0.717) is 5.56 Å². The Morgan fingerprint density at radius 3 is 2.46 bits per heavy atom. The zero-order chi connectivity index (χ0) is 19.4. The monoisotopic (exact) mass is 360 g/mol. The van der Waals surface area contributed by atoms with Crippen molar-refractivity contribution in [3.05, 3.63) is 69.0 Å². The van der Waals surface area contributed by atoms with E-state index in [9.17, 15) is 24.1 Å². The summed E-state index contributed by atoms with van der Waals surface area (Å²) in [5.74, 6) is -2.37. The Bertz CT molecular complexity index is 882. The maximum atomic E-state index is 13.3. The molecule has 1 amide bonds. The summed E-state index contributed by atoms with van der Waals surface area (Å²) in [6, 6.07) is 7.97. The fourth-order valence-corrected chi connectivity index (χ4v) is 2.12. The summed E-state index contributed by atoms with van der Waals surface area (Å²) in [4.78, 5) is 34.1. The molecular formula is C18H17FN2O5. The number of benzene rings is 2. The molecule has 136 valence electrons. The fourth-order valence-electron chi connectivity index (χ4n) is 2.12. The number of anilines is 1. The highest BCUT2D eigenvalue weighted by Crippen LogP contribution is 2.22. The van der Waals surface area contributed by atoms with Crippen LogP contribution in [-0.4, -0.2) is 22.9 Å². The van der Waals surface area contributed by atoms with Gasteiger partial charge in [0.1, 0.15) is 0 Å². The molecule has 2 aromatic rings. The third-order valence-corrected chi connectivity index (χ3v) is 3.81. The molecular weight excluding hydrogens is 343 g/mol. The first kappa shape index (κ1) is 19.0. The Labute approximate surface area is 148 Å². The number of amides is 1. The number of carbonyl (C=O) groups is 2. The van der Waals surface area contributed by atoms with Gasteiger partial charge in [0, 0.05) is 11.8 Å². The molecule has 7 nitrogen and oxygen atoms in total. The summed E-state index contributed by atoms with van der Waals surface area (Å²) < 4.78 is 18.4. The molecule has 0 aliphatic carbocycles. The van der Waals surface area contributed by atoms with E-state index in [1.165, 1.54) is 13.0 Å². The summed E-state index contributed by atoms with van der Waals surface area (Å²) in [5, 5.41) is 13.1. The lowest BCUT2D eigenvalue weighted by Gasteiger charge is -2.14. The van der Waals surface area contributed by atoms with Gasteiger partial charge in [0.25, 0.3) is 5.91 Å². The number of ether oxygens (including phenoxy) is 1. The van der Waals surface area contributed by atoms with E-state index in [-0.39, 0.29) is 5.69 Å². The van der Waals surface area contributed by atoms with Gasteiger partial charge in [0.15, 0.2) is 6.10 Å². The van der Waals surface area contributed by atoms with Gasteiger partial charge in [0.05, 0.1) is 10.5 Å². The molecule has 0 saturated carbocycles. The van der Waals surface area contributed by atoms with Crippen molar-refractivity contribution in [3.63, 3.8) is 0 Å². The molecule has 1 N–H and O–H groups in total. The first-order valence-corrected chi connectivity index (χ1v) is 7.72. The number of nitro benzene ring substituents is 1. The number of nitro groups is 1. The van der Waals surface area contributed by atoms with Gasteiger partial charge < -0.3 is 10.1 Å². The average Bonchev–Trinajstić information content (AvgIpc) is 2.58. The van der Waals surface area contributed by atoms with Gasteiger partial charge in [-0.1, -0.05) is 6.07 Å². The number of carbonyl (C=O) groups excluding carboxylic acids is 2. The van der Waals surface area contributed by atoms with E-state index in [1.807, 2.05) is 13.8 Å². The molecule has 0 aliphatic heterocycles. The SMILES string of the molecule is Cc1ccc(C(=O)O[C@@H](C)C(=O)Nc2ccc(F)c([N+](=O)[O-])c2)cc1C. The maximum absolute atomic E-state index is 13.3. The summed E-state index contributed by atoms with van der Waals surface area (Å²) in [7, 11) is 0. The predicted octanol–water partition coefficient (Wildman–Crippen LogP) is 3.53. The van der Waals surface area contributed by atoms with Crippen molar-refractivity contribution in [3.8, 4) is 0 Å². The number of hydrogen-bond acceptors (Lipinski definition) is 5. The Balaban J connectivity index is 2.05. The van der Waals surface area contributed by atoms with Crippen LogP contribution in [-0.2, 0) is 9.53 Å². The number of halogens is 1. The number of nitrogens with one attached hydrogen (secondary N) is 1. The van der Waals surface area contributed by atoms with Crippen LogP contribution in [0.5, 0.6) is 0 Å². The molecule has 0 spiro atoms. The zero-order valence-corrected chi connectivity index (χ0v) is 14.4. The molecule has 0 saturated heterocycles. The largest absolute Gasteiger partial charge is 0.449 e. The van der Waals surface area contributed by atoms with Crippen molar-refractivity contribution in [1.82, 2.24) is 0 Å². The second-order valence-corrected chi connectivity index (χ2v) is 5.76. The minimum absolute atomic E-state index is 0.0252. The van der Waals surface area contributed by atoms with Crippen molar-refractivity contribution < 1.29 is 23.6 Å². The van der Waals surface area contributed by atoms with Crippen LogP contribution < -0.4 is 5.32 Å². The van der Waals surface area contributed by atoms with E-state index < -0.39 is 34.4 Å². The van der Waals surface area contributed by atoms with E-state index in [0.717, 1.165) is 23.3 Å². The highest BCUT2D eigenvalue weighted by molar-refractivity contribution is 5.97. The van der Waals surface area contributed by atoms with Crippen LogP contribution in [0.15, 0.2) is 36.4 Å². The number of nitrogens with zero attached hydrogens (tertiary/aromatic N) is 1. The third kappa shape index (κ3) is 4.41. The molecule has 1 atom stereocenters. The minimum Gasteiger partial charge on any atom is -0.449 e. The quantitative estimate of drug-likeness (QED) is 0.500. The number of aryl methyl sites for hydroxylation is 2. The van der Waals surface area contributed by atoms with Gasteiger partial charge in [-0.05, 0) is 56.2 Å². The van der Waals surface area contributed by atoms with Crippen LogP contribution in [0, 0.1) is 29.8 Å². The van der Waals surface area contributed by atoms with Crippen LogP contribution in [0.3, 0.4) is 0 Å². The topological polar surface area (TPSA) is 98.5 Å². The Kier molecular flexibility index (Phi) is 5.66. The molecule has 26 heavy (non-hydrogen) atoms. The third-order valence-electron chi connectivity index (χ3n) is 3.81. The molecule has 2 rings (SSSR count). The average molecular weight is 360 g/mol. The van der Waals surface area contributed by atoms with Crippen molar-refractivity contribution >= 4 is 23.3 Å². The van der Waals surface area contributed by atoms with Crippen molar-refractivity contribution in [1.29, 1.82) is 0 Å². The van der Waals surface area contributed by atoms with Gasteiger partial charge in [-0.3, -0.25) is 14.9 Å². The van der Waals surface area contributed by atoms with E-state index in [2.05, 4.69) is 5.32 Å². The molecule has 0 unspecified atom stereocenters. The van der Waals surface area contributed by atoms with Crippen molar-refractivity contribution in [2.24, 2.45) is 0 Å². The molecule has 0 radical (unpaired) electrons. The summed E-state index contributed by atoms with van der Waals surface area (Å²) in [6.07, 6.45) is -1.15. The van der Waals surface area contributed by atoms with Crippen LogP contribution in [0.25, 0.3) is 0 Å². The lowest BCUT2D eigenvalue weighted by Crippen LogP contribution is -2.30. The first-order chi connectivity index (χ1) is 12.2. The van der Waals surface area contributed by atoms with Gasteiger partial charge in [0.2, 0.25) is 5.82 Å². The highest BCUT2D eigenvalue weighted by atomic mass is 19.1. The Morgan fingerprint density at radius 2 is 1.85 bits per heavy atom. The van der Waals surface area contributed by atoms with Gasteiger partial charge >= 0.3 is 11.7 Å². The Morgan fingerprint density at radius 1 is 1.15 bits per heavy atom. The van der Waals surface area contributed by atoms with E-state index >= 15 is 0 Å². The second kappa shape index (κ2) is 7.73. The van der Waals surface area contributed by atoms with Gasteiger partial charge in [-0.2, -0.15) is 4.39 Å². The summed E-state index contributed by atoms with van der Waals surface area (Å²) in [6.45, 7) is 5.12. The standard InChI is InChI=1S/C18H17FN2O5/c1-10-4-5-13(8-11(10)2)18(23)26-12(3)17(22)20-14-6-7-15(19)16(9-14)21(24)25/h4-9,12H,1-3H3,(H,20,22)/t12-/m0/s1. The first-order valence-electron chi connectivity index (χ1n) is 7.72. The van der Waals surface area contributed by atoms with Gasteiger partial charge in [-0.25, -0.2) is 4.79 Å². The predicted molar refractivity (Wildman–Crippen MR) is 92.5 cm³/mol. The fraction of sp³-hybridized carbons (Fsp3) is 0.222. The van der Waals surface area contributed by atoms with Crippen LogP contribution in [0.4, 0.5) is 15.8 Å². The molecule has 2 aromatic carbocycles. The van der Waals surface area contributed by atoms with Gasteiger partial charge in [-0.15, -0.1) is 0 Å². The highest BCUT2D eigenvalue weighted by Gasteiger charge is 2.21. The maximum Gasteiger partial charge on any atom is 0.338 e. The van der Waals surface area contributed by atoms with Crippen LogP contribution in [0.2, 0.25) is 0 Å². The molecule has 0 aliphatic rings. The van der Waals surface area contributed by atoms with Crippen molar-refractivity contribution in [2.75, 3.05) is 5.32 Å². The summed E-state index contributed by atoms with van der Waals surface area (Å²) in [5.41, 5.74) is 1.50. The normalized spacial score (nSPS) is 11.5. The number of hydrogen-bond donors (Lipinski definition) is 1. The molecule has 0 fully saturated rings. The molecule has 0 aromatic heterocycles. The molecule has 8 heteroatoms. The summed E-state index contributed by atoms with van der Waals surface area (Å²) >= 11 is 0. The number of esters is 1.